The normalized spacial score (nSPS) is 12.1. The predicted octanol–water partition coefficient (Wildman–Crippen LogP) is 0.269. The van der Waals surface area contributed by atoms with Crippen LogP contribution in [-0.2, 0) is 4.79 Å². The van der Waals surface area contributed by atoms with Crippen LogP contribution >= 0.6 is 11.3 Å². The van der Waals surface area contributed by atoms with Gasteiger partial charge in [0.2, 0.25) is 0 Å². The van der Waals surface area contributed by atoms with Gasteiger partial charge in [-0.1, -0.05) is 0 Å². The van der Waals surface area contributed by atoms with Crippen LogP contribution < -0.4 is 0 Å². The highest BCUT2D eigenvalue weighted by molar-refractivity contribution is 7.12. The van der Waals surface area contributed by atoms with Crippen molar-refractivity contribution in [3.63, 3.8) is 0 Å². The van der Waals surface area contributed by atoms with Gasteiger partial charge in [-0.05, 0) is 28.8 Å². The molecule has 0 saturated carbocycles. The van der Waals surface area contributed by atoms with Crippen LogP contribution in [0, 0.1) is 0 Å². The van der Waals surface area contributed by atoms with Gasteiger partial charge >= 0.3 is 5.97 Å². The molecule has 0 radical (unpaired) electrons. The van der Waals surface area contributed by atoms with Gasteiger partial charge in [0.1, 0.15) is 17.2 Å². The highest BCUT2D eigenvalue weighted by Gasteiger charge is 2.26. The van der Waals surface area contributed by atoms with Crippen LogP contribution in [0.5, 0.6) is 0 Å². The van der Waals surface area contributed by atoms with Crippen LogP contribution in [-0.4, -0.2) is 55.2 Å². The van der Waals surface area contributed by atoms with Crippen LogP contribution in [0.3, 0.4) is 0 Å². The summed E-state index contributed by atoms with van der Waals surface area (Å²) < 4.78 is 1.36. The molecule has 1 atom stereocenters. The molecule has 2 rings (SSSR count). The fraction of sp³-hybridized carbons (Fsp3) is 0.300. The van der Waals surface area contributed by atoms with Crippen molar-refractivity contribution in [3.05, 3.63) is 22.7 Å². The van der Waals surface area contributed by atoms with E-state index in [1.807, 2.05) is 0 Å². The van der Waals surface area contributed by atoms with Gasteiger partial charge in [0, 0.05) is 7.05 Å². The maximum Gasteiger partial charge on any atom is 0.326 e. The number of rotatable bonds is 4. The lowest BCUT2D eigenvalue weighted by Gasteiger charge is -2.21. The molecular formula is C10H11N5O3S. The summed E-state index contributed by atoms with van der Waals surface area (Å²) in [5.74, 6) is -1.44. The lowest BCUT2D eigenvalue weighted by molar-refractivity contribution is -0.141. The van der Waals surface area contributed by atoms with Gasteiger partial charge < -0.3 is 10.0 Å². The molecule has 100 valence electrons. The van der Waals surface area contributed by atoms with Crippen molar-refractivity contribution in [3.8, 4) is 5.69 Å². The number of hydrogen-bond acceptors (Lipinski definition) is 6. The number of likely N-dealkylation sites (N-methyl/N-ethyl adjacent to an activating group) is 1. The van der Waals surface area contributed by atoms with E-state index in [2.05, 4.69) is 15.5 Å². The summed E-state index contributed by atoms with van der Waals surface area (Å²) in [4.78, 5) is 24.7. The van der Waals surface area contributed by atoms with Crippen molar-refractivity contribution in [1.29, 1.82) is 0 Å². The van der Waals surface area contributed by atoms with Crippen molar-refractivity contribution in [1.82, 2.24) is 25.1 Å². The molecule has 8 nitrogen and oxygen atoms in total. The van der Waals surface area contributed by atoms with Crippen LogP contribution in [0.2, 0.25) is 0 Å². The molecule has 2 heterocycles. The van der Waals surface area contributed by atoms with Crippen molar-refractivity contribution in [2.45, 2.75) is 13.0 Å². The number of carboxylic acid groups (broad SMARTS) is 1. The molecule has 1 N–H and O–H groups in total. The second kappa shape index (κ2) is 5.14. The van der Waals surface area contributed by atoms with Crippen LogP contribution in [0.4, 0.5) is 0 Å². The van der Waals surface area contributed by atoms with Gasteiger partial charge in [0.15, 0.2) is 0 Å². The van der Waals surface area contributed by atoms with Gasteiger partial charge in [-0.3, -0.25) is 4.79 Å². The Morgan fingerprint density at radius 2 is 2.26 bits per heavy atom. The smallest absolute Gasteiger partial charge is 0.326 e. The number of carboxylic acids is 1. The highest BCUT2D eigenvalue weighted by Crippen LogP contribution is 2.22. The monoisotopic (exact) mass is 281 g/mol. The third-order valence-electron chi connectivity index (χ3n) is 2.69. The zero-order chi connectivity index (χ0) is 14.0. The first-order valence-corrected chi connectivity index (χ1v) is 6.21. The molecular weight excluding hydrogens is 270 g/mol. The Hall–Kier alpha value is -2.29. The molecule has 0 aliphatic rings. The summed E-state index contributed by atoms with van der Waals surface area (Å²) in [6, 6.07) is 0.796. The second-order valence-corrected chi connectivity index (χ2v) is 4.74. The van der Waals surface area contributed by atoms with E-state index in [0.717, 1.165) is 0 Å². The van der Waals surface area contributed by atoms with Crippen LogP contribution in [0.15, 0.2) is 17.8 Å². The Kier molecular flexibility index (Phi) is 3.56. The van der Waals surface area contributed by atoms with E-state index in [9.17, 15) is 9.59 Å². The molecule has 0 saturated heterocycles. The van der Waals surface area contributed by atoms with E-state index in [4.69, 9.17) is 5.11 Å². The van der Waals surface area contributed by atoms with Gasteiger partial charge in [-0.25, -0.2) is 4.79 Å². The third-order valence-corrected chi connectivity index (χ3v) is 3.58. The largest absolute Gasteiger partial charge is 0.480 e. The molecule has 0 spiro atoms. The molecule has 0 aliphatic carbocycles. The van der Waals surface area contributed by atoms with Gasteiger partial charge in [-0.2, -0.15) is 4.68 Å². The average molecular weight is 281 g/mol. The van der Waals surface area contributed by atoms with Crippen molar-refractivity contribution in [2.24, 2.45) is 0 Å². The SMILES string of the molecule is CC(C(=O)O)N(C)C(=O)c1sccc1-n1cnnn1. The number of aliphatic carboxylic acids is 1. The molecule has 0 aliphatic heterocycles. The lowest BCUT2D eigenvalue weighted by Crippen LogP contribution is -2.40. The van der Waals surface area contributed by atoms with E-state index < -0.39 is 12.0 Å². The fourth-order valence-corrected chi connectivity index (χ4v) is 2.28. The van der Waals surface area contributed by atoms with Crippen molar-refractivity contribution < 1.29 is 14.7 Å². The fourth-order valence-electron chi connectivity index (χ4n) is 1.42. The van der Waals surface area contributed by atoms with E-state index in [-0.39, 0.29) is 5.91 Å². The third kappa shape index (κ3) is 2.45. The van der Waals surface area contributed by atoms with Gasteiger partial charge in [0.25, 0.3) is 5.91 Å². The zero-order valence-corrected chi connectivity index (χ0v) is 11.0. The zero-order valence-electron chi connectivity index (χ0n) is 10.2. The van der Waals surface area contributed by atoms with E-state index >= 15 is 0 Å². The number of hydrogen-bond donors (Lipinski definition) is 1. The number of carbonyl (C=O) groups is 2. The Morgan fingerprint density at radius 3 is 2.84 bits per heavy atom. The molecule has 0 aromatic carbocycles. The van der Waals surface area contributed by atoms with E-state index in [1.165, 1.54) is 41.2 Å². The first kappa shape index (κ1) is 13.1. The van der Waals surface area contributed by atoms with Gasteiger partial charge in [-0.15, -0.1) is 16.4 Å². The maximum atomic E-state index is 12.3. The first-order chi connectivity index (χ1) is 9.02. The Bertz CT molecular complexity index is 594. The number of thiophene rings is 1. The van der Waals surface area contributed by atoms with Crippen LogP contribution in [0.1, 0.15) is 16.6 Å². The Labute approximate surface area is 112 Å². The second-order valence-electron chi connectivity index (χ2n) is 3.82. The summed E-state index contributed by atoms with van der Waals surface area (Å²) >= 11 is 1.21. The minimum atomic E-state index is -1.06. The summed E-state index contributed by atoms with van der Waals surface area (Å²) in [5, 5.41) is 21.4. The molecule has 0 fully saturated rings. The number of nitrogens with zero attached hydrogens (tertiary/aromatic N) is 5. The summed E-state index contributed by atoms with van der Waals surface area (Å²) in [7, 11) is 1.45. The molecule has 2 aromatic heterocycles. The van der Waals surface area contributed by atoms with E-state index in [1.54, 1.807) is 11.4 Å². The molecule has 2 aromatic rings. The molecule has 1 unspecified atom stereocenters. The standard InChI is InChI=1S/C10H11N5O3S/c1-6(10(17)18)14(2)9(16)8-7(3-4-19-8)15-5-11-12-13-15/h3-6H,1-2H3,(H,17,18). The maximum absolute atomic E-state index is 12.3. The number of tetrazole rings is 1. The molecule has 9 heteroatoms. The number of amides is 1. The van der Waals surface area contributed by atoms with Crippen LogP contribution in [0.25, 0.3) is 5.69 Å². The molecule has 0 bridgehead atoms. The van der Waals surface area contributed by atoms with E-state index in [0.29, 0.717) is 10.6 Å². The summed E-state index contributed by atoms with van der Waals surface area (Å²) in [5.41, 5.74) is 0.532. The highest BCUT2D eigenvalue weighted by atomic mass is 32.1. The topological polar surface area (TPSA) is 101 Å². The number of carbonyl (C=O) groups excluding carboxylic acids is 1. The average Bonchev–Trinajstić information content (AvgIpc) is 3.05. The van der Waals surface area contributed by atoms with Crippen molar-refractivity contribution >= 4 is 23.2 Å². The summed E-state index contributed by atoms with van der Waals surface area (Å²) in [6.45, 7) is 1.45. The summed E-state index contributed by atoms with van der Waals surface area (Å²) in [6.07, 6.45) is 1.37. The first-order valence-electron chi connectivity index (χ1n) is 5.33. The predicted molar refractivity (Wildman–Crippen MR) is 66.2 cm³/mol. The molecule has 1 amide bonds. The van der Waals surface area contributed by atoms with Gasteiger partial charge in [0.05, 0.1) is 5.69 Å². The Morgan fingerprint density at radius 1 is 1.53 bits per heavy atom. The quantitative estimate of drug-likeness (QED) is 0.863. The van der Waals surface area contributed by atoms with Crippen molar-refractivity contribution in [2.75, 3.05) is 7.05 Å². The Balaban J connectivity index is 2.31. The number of aromatic nitrogens is 4. The lowest BCUT2D eigenvalue weighted by atomic mass is 10.2. The molecule has 19 heavy (non-hydrogen) atoms. The minimum Gasteiger partial charge on any atom is -0.480 e. The minimum absolute atomic E-state index is 0.379.